The molecule has 3 saturated heterocycles. The molecule has 1 aliphatic carbocycles. The number of rotatable bonds is 8. The van der Waals surface area contributed by atoms with E-state index < -0.39 is 66.7 Å². The fourth-order valence-corrected chi connectivity index (χ4v) is 13.7. The van der Waals surface area contributed by atoms with Crippen molar-refractivity contribution < 1.29 is 42.1 Å². The maximum absolute atomic E-state index is 15.4. The summed E-state index contributed by atoms with van der Waals surface area (Å²) >= 11 is 0. The molecule has 1 unspecified atom stereocenters. The number of carbonyl (C=O) groups excluding carboxylic acids is 1. The minimum atomic E-state index is -2.39. The van der Waals surface area contributed by atoms with E-state index in [-0.39, 0.29) is 52.1 Å². The lowest BCUT2D eigenvalue weighted by atomic mass is 9.71. The summed E-state index contributed by atoms with van der Waals surface area (Å²) in [6, 6.07) is 0. The molecule has 3 fully saturated rings. The minimum absolute atomic E-state index is 0.0274. The number of hydrogen-bond donors (Lipinski definition) is 1. The topological polar surface area (TPSA) is 102 Å². The summed E-state index contributed by atoms with van der Waals surface area (Å²) in [6.45, 7) is 42.4. The molecule has 4 heterocycles. The van der Waals surface area contributed by atoms with Crippen LogP contribution in [0.1, 0.15) is 115 Å². The first-order valence-electron chi connectivity index (χ1n) is 23.5. The summed E-state index contributed by atoms with van der Waals surface area (Å²) in [4.78, 5) is 15.4. The van der Waals surface area contributed by atoms with Crippen LogP contribution < -0.4 is 0 Å². The third kappa shape index (κ3) is 10.8. The molecule has 0 radical (unpaired) electrons. The molecular weight excluding hydrogens is 817 g/mol. The second-order valence-corrected chi connectivity index (χ2v) is 37.5. The van der Waals surface area contributed by atoms with Gasteiger partial charge in [-0.25, -0.2) is 0 Å². The first kappa shape index (κ1) is 50.8. The summed E-state index contributed by atoms with van der Waals surface area (Å²) in [5, 5.41) is 11.6. The number of hydrogen-bond acceptors (Lipinski definition) is 9. The monoisotopic (exact) mass is 903 g/mol. The van der Waals surface area contributed by atoms with Crippen molar-refractivity contribution in [2.45, 2.75) is 225 Å². The van der Waals surface area contributed by atoms with E-state index in [0.717, 1.165) is 23.1 Å². The number of ether oxygens (including phenoxy) is 4. The van der Waals surface area contributed by atoms with Gasteiger partial charge in [-0.15, -0.1) is 0 Å². The zero-order valence-corrected chi connectivity index (χ0v) is 44.7. The first-order chi connectivity index (χ1) is 27.9. The minimum Gasteiger partial charge on any atom is -0.462 e. The Labute approximate surface area is 374 Å². The van der Waals surface area contributed by atoms with E-state index >= 15 is 4.79 Å². The van der Waals surface area contributed by atoms with Gasteiger partial charge in [0.15, 0.2) is 30.7 Å². The Balaban J connectivity index is 1.66. The van der Waals surface area contributed by atoms with Crippen LogP contribution in [0.5, 0.6) is 0 Å². The Kier molecular flexibility index (Phi) is 15.2. The molecular formula is C49H86O9Si3. The predicted molar refractivity (Wildman–Crippen MR) is 254 cm³/mol. The predicted octanol–water partition coefficient (Wildman–Crippen LogP) is 11.4. The Morgan fingerprint density at radius 3 is 2.11 bits per heavy atom. The molecule has 0 aromatic heterocycles. The third-order valence-electron chi connectivity index (χ3n) is 15.4. The van der Waals surface area contributed by atoms with Gasteiger partial charge in [0.05, 0.1) is 37.1 Å². The molecule has 9 nitrogen and oxygen atoms in total. The maximum atomic E-state index is 15.4. The SMILES string of the molecule is CC[C@H](C)[C@H]1O[C@@]2(C[C@@H]3C[C@@H](C/C=C(\C)[C@@H](O)[C@@H](C)/C=C/C=C4\COC5[C@H](O[Si](C)(C)C(C)(C)C)C(C)=C[C@@H](C(=O)O3)[C@]45O[Si](C)(C)C)O2)C[C@H](O[Si](C)(C)C(C)(C)C)[C@@H]1C. The van der Waals surface area contributed by atoms with Crippen LogP contribution in [0.4, 0.5) is 0 Å². The maximum Gasteiger partial charge on any atom is 0.316 e. The molecule has 61 heavy (non-hydrogen) atoms. The van der Waals surface area contributed by atoms with Crippen molar-refractivity contribution in [1.82, 2.24) is 0 Å². The van der Waals surface area contributed by atoms with Crippen LogP contribution in [0, 0.1) is 23.7 Å². The van der Waals surface area contributed by atoms with Crippen LogP contribution in [0.3, 0.4) is 0 Å². The summed E-state index contributed by atoms with van der Waals surface area (Å²) < 4.78 is 50.2. The third-order valence-corrected chi connectivity index (χ3v) is 25.4. The molecule has 0 aromatic rings. The average Bonchev–Trinajstić information content (AvgIpc) is 3.47. The van der Waals surface area contributed by atoms with E-state index in [9.17, 15) is 5.11 Å². The molecule has 5 aliphatic rings. The second-order valence-electron chi connectivity index (χ2n) is 23.6. The Morgan fingerprint density at radius 2 is 1.52 bits per heavy atom. The highest BCUT2D eigenvalue weighted by Gasteiger charge is 2.64. The van der Waals surface area contributed by atoms with Crippen molar-refractivity contribution in [3.05, 3.63) is 47.1 Å². The van der Waals surface area contributed by atoms with Gasteiger partial charge in [-0.05, 0) is 98.8 Å². The molecule has 2 bridgehead atoms. The van der Waals surface area contributed by atoms with E-state index in [4.69, 9.17) is 32.2 Å². The highest BCUT2D eigenvalue weighted by Crippen LogP contribution is 2.53. The molecule has 348 valence electrons. The summed E-state index contributed by atoms with van der Waals surface area (Å²) in [5.74, 6) is -1.89. The van der Waals surface area contributed by atoms with Gasteiger partial charge in [-0.2, -0.15) is 0 Å². The number of allylic oxidation sites excluding steroid dienone is 2. The van der Waals surface area contributed by atoms with Crippen LogP contribution in [0.25, 0.3) is 0 Å². The summed E-state index contributed by atoms with van der Waals surface area (Å²) in [5.41, 5.74) is 1.57. The highest BCUT2D eigenvalue weighted by molar-refractivity contribution is 6.74. The largest absolute Gasteiger partial charge is 0.462 e. The number of fused-ring (bicyclic) bond motifs is 2. The second kappa shape index (κ2) is 18.2. The van der Waals surface area contributed by atoms with Gasteiger partial charge in [-0.1, -0.05) is 106 Å². The summed E-state index contributed by atoms with van der Waals surface area (Å²) in [6.07, 6.45) is 10.5. The molecule has 1 spiro atoms. The molecule has 0 saturated carbocycles. The van der Waals surface area contributed by atoms with Crippen LogP contribution in [0.2, 0.25) is 55.9 Å². The zero-order valence-electron chi connectivity index (χ0n) is 41.7. The van der Waals surface area contributed by atoms with Crippen molar-refractivity contribution in [3.63, 3.8) is 0 Å². The van der Waals surface area contributed by atoms with Gasteiger partial charge < -0.3 is 37.3 Å². The standard InChI is InChI=1S/C49H86O9Si3/c1-20-31(2)42-35(6)40(56-60(16,17)46(7,8)9)29-48(55-42)28-38-27-37(54-48)25-24-33(4)41(50)32(3)22-21-23-36-30-52-44-43(57-61(18,19)47(10,11)12)34(5)26-39(45(51)53-38)49(36,44)58-59(13,14)15/h21-24,26,31-32,35,37-44,50H,20,25,27-30H2,1-19H3/b22-21+,33-24+,36-23+/t31-,32-,35-,37+,38-,39-,40-,41-,42+,43+,44?,48-,49+/m0/s1. The quantitative estimate of drug-likeness (QED) is 0.145. The highest BCUT2D eigenvalue weighted by atomic mass is 28.4. The Bertz CT molecular complexity index is 1700. The van der Waals surface area contributed by atoms with E-state index in [0.29, 0.717) is 32.3 Å². The molecule has 0 amide bonds. The smallest absolute Gasteiger partial charge is 0.316 e. The van der Waals surface area contributed by atoms with Gasteiger partial charge >= 0.3 is 5.97 Å². The van der Waals surface area contributed by atoms with Crippen molar-refractivity contribution >= 4 is 30.9 Å². The van der Waals surface area contributed by atoms with Crippen molar-refractivity contribution in [3.8, 4) is 0 Å². The number of carbonyl (C=O) groups is 1. The molecule has 12 heteroatoms. The Hall–Kier alpha value is -1.20. The van der Waals surface area contributed by atoms with Crippen molar-refractivity contribution in [2.75, 3.05) is 6.61 Å². The lowest BCUT2D eigenvalue weighted by Gasteiger charge is -2.55. The van der Waals surface area contributed by atoms with Crippen LogP contribution >= 0.6 is 0 Å². The van der Waals surface area contributed by atoms with Crippen LogP contribution in [-0.2, 0) is 37.0 Å². The fraction of sp³-hybridized carbons (Fsp3) is 0.816. The lowest BCUT2D eigenvalue weighted by molar-refractivity contribution is -0.353. The molecule has 13 atom stereocenters. The lowest BCUT2D eigenvalue weighted by Crippen LogP contribution is -2.64. The van der Waals surface area contributed by atoms with Gasteiger partial charge in [-0.3, -0.25) is 4.79 Å². The van der Waals surface area contributed by atoms with Gasteiger partial charge in [0.25, 0.3) is 0 Å². The first-order valence-corrected chi connectivity index (χ1v) is 32.7. The molecule has 1 N–H and O–H groups in total. The van der Waals surface area contributed by atoms with Gasteiger partial charge in [0, 0.05) is 31.1 Å². The van der Waals surface area contributed by atoms with Crippen molar-refractivity contribution in [1.29, 1.82) is 0 Å². The summed E-state index contributed by atoms with van der Waals surface area (Å²) in [7, 11) is -6.90. The average molecular weight is 903 g/mol. The van der Waals surface area contributed by atoms with E-state index in [1.54, 1.807) is 0 Å². The zero-order chi connectivity index (χ0) is 45.9. The van der Waals surface area contributed by atoms with Crippen LogP contribution in [-0.4, -0.2) is 96.8 Å². The van der Waals surface area contributed by atoms with Crippen molar-refractivity contribution in [2.24, 2.45) is 23.7 Å². The van der Waals surface area contributed by atoms with Gasteiger partial charge in [0.1, 0.15) is 23.7 Å². The molecule has 4 aliphatic heterocycles. The van der Waals surface area contributed by atoms with E-state index in [1.165, 1.54) is 0 Å². The van der Waals surface area contributed by atoms with E-state index in [2.05, 4.69) is 133 Å². The number of aliphatic hydroxyl groups is 1. The van der Waals surface area contributed by atoms with Gasteiger partial charge in [0.2, 0.25) is 0 Å². The molecule has 0 aromatic carbocycles. The van der Waals surface area contributed by atoms with Crippen LogP contribution in [0.15, 0.2) is 47.1 Å². The number of esters is 1. The van der Waals surface area contributed by atoms with E-state index in [1.807, 2.05) is 26.0 Å². The molecule has 5 rings (SSSR count). The fourth-order valence-electron chi connectivity index (χ4n) is 9.56. The normalized spacial score (nSPS) is 39.9. The number of aliphatic hydroxyl groups excluding tert-OH is 1. The Morgan fingerprint density at radius 1 is 0.902 bits per heavy atom.